The number of anilines is 2. The van der Waals surface area contributed by atoms with Gasteiger partial charge in [0.25, 0.3) is 0 Å². The van der Waals surface area contributed by atoms with Crippen molar-refractivity contribution in [1.29, 1.82) is 0 Å². The first kappa shape index (κ1) is 24.8. The number of piperidine rings is 2. The van der Waals surface area contributed by atoms with Crippen LogP contribution in [0, 0.1) is 11.8 Å². The largest absolute Gasteiger partial charge is 0.395 e. The maximum atomic E-state index is 9.27. The van der Waals surface area contributed by atoms with E-state index in [1.165, 1.54) is 12.8 Å². The van der Waals surface area contributed by atoms with Gasteiger partial charge in [0.2, 0.25) is 5.95 Å². The predicted molar refractivity (Wildman–Crippen MR) is 137 cm³/mol. The second-order valence-electron chi connectivity index (χ2n) is 9.15. The molecule has 9 heteroatoms. The van der Waals surface area contributed by atoms with Gasteiger partial charge in [-0.2, -0.15) is 4.98 Å². The zero-order valence-corrected chi connectivity index (χ0v) is 21.3. The van der Waals surface area contributed by atoms with Crippen LogP contribution in [0.15, 0.2) is 24.4 Å². The molecule has 2 saturated heterocycles. The average molecular weight is 513 g/mol. The van der Waals surface area contributed by atoms with Crippen LogP contribution < -0.4 is 10.2 Å². The highest BCUT2D eigenvalue weighted by Gasteiger charge is 2.30. The van der Waals surface area contributed by atoms with E-state index in [4.69, 9.17) is 39.8 Å². The highest BCUT2D eigenvalue weighted by Crippen LogP contribution is 2.34. The lowest BCUT2D eigenvalue weighted by Crippen LogP contribution is -2.43. The van der Waals surface area contributed by atoms with Gasteiger partial charge in [0.15, 0.2) is 5.82 Å². The molecule has 0 bridgehead atoms. The Balaban J connectivity index is 1.38. The van der Waals surface area contributed by atoms with Crippen molar-refractivity contribution in [2.24, 2.45) is 11.8 Å². The van der Waals surface area contributed by atoms with Crippen LogP contribution in [0.5, 0.6) is 0 Å². The molecule has 1 aromatic carbocycles. The van der Waals surface area contributed by atoms with Crippen LogP contribution in [0.1, 0.15) is 44.2 Å². The van der Waals surface area contributed by atoms with Crippen molar-refractivity contribution in [3.05, 3.63) is 45.0 Å². The lowest BCUT2D eigenvalue weighted by Gasteiger charge is -2.40. The summed E-state index contributed by atoms with van der Waals surface area (Å²) < 4.78 is 0. The van der Waals surface area contributed by atoms with E-state index in [-0.39, 0.29) is 12.6 Å². The summed E-state index contributed by atoms with van der Waals surface area (Å²) in [7, 11) is 0. The number of hydrogen-bond acceptors (Lipinski definition) is 6. The molecule has 2 atom stereocenters. The standard InChI is InChI=1S/C24H32Cl3N5O/c1-16(20-5-4-19(25)13-21(20)26)29-23-22(27)14-28-24(30-23)32-9-6-17(7-10-32)18-3-2-8-31(15-18)11-12-33/h4-5,13-14,16-18,33H,2-3,6-12,15H2,1H3,(H,28,29,30). The van der Waals surface area contributed by atoms with Crippen molar-refractivity contribution in [1.82, 2.24) is 14.9 Å². The number of nitrogens with one attached hydrogen (secondary N) is 1. The maximum absolute atomic E-state index is 9.27. The smallest absolute Gasteiger partial charge is 0.227 e. The Labute approximate surface area is 211 Å². The molecule has 2 aromatic rings. The van der Waals surface area contributed by atoms with E-state index in [0.29, 0.717) is 26.8 Å². The number of nitrogens with zero attached hydrogens (tertiary/aromatic N) is 4. The molecule has 1 aromatic heterocycles. The normalized spacial score (nSPS) is 21.2. The summed E-state index contributed by atoms with van der Waals surface area (Å²) in [5, 5.41) is 14.4. The SMILES string of the molecule is CC(Nc1nc(N2CCC(C3CCCN(CCO)C3)CC2)ncc1Cl)c1ccc(Cl)cc1Cl. The zero-order chi connectivity index (χ0) is 23.4. The average Bonchev–Trinajstić information content (AvgIpc) is 2.81. The Hall–Kier alpha value is -1.31. The molecule has 0 saturated carbocycles. The van der Waals surface area contributed by atoms with Crippen molar-refractivity contribution < 1.29 is 5.11 Å². The number of aromatic nitrogens is 2. The van der Waals surface area contributed by atoms with Crippen LogP contribution in [-0.2, 0) is 0 Å². The first-order valence-corrected chi connectivity index (χ1v) is 12.9. The van der Waals surface area contributed by atoms with Crippen LogP contribution in [-0.4, -0.2) is 59.3 Å². The minimum atomic E-state index is -0.0890. The Morgan fingerprint density at radius 3 is 2.61 bits per heavy atom. The number of aliphatic hydroxyl groups is 1. The van der Waals surface area contributed by atoms with Crippen LogP contribution in [0.4, 0.5) is 11.8 Å². The second kappa shape index (κ2) is 11.4. The van der Waals surface area contributed by atoms with Crippen LogP contribution >= 0.6 is 34.8 Å². The quantitative estimate of drug-likeness (QED) is 0.508. The van der Waals surface area contributed by atoms with Gasteiger partial charge in [-0.25, -0.2) is 4.98 Å². The van der Waals surface area contributed by atoms with Gasteiger partial charge in [-0.05, 0) is 68.7 Å². The van der Waals surface area contributed by atoms with Crippen molar-refractivity contribution in [3.8, 4) is 0 Å². The third kappa shape index (κ3) is 6.23. The van der Waals surface area contributed by atoms with Gasteiger partial charge in [0.1, 0.15) is 5.02 Å². The van der Waals surface area contributed by atoms with Crippen molar-refractivity contribution in [2.75, 3.05) is 49.5 Å². The molecular weight excluding hydrogens is 481 g/mol. The fourth-order valence-electron chi connectivity index (χ4n) is 5.14. The third-order valence-corrected chi connectivity index (χ3v) is 7.80. The molecule has 2 aliphatic heterocycles. The summed E-state index contributed by atoms with van der Waals surface area (Å²) in [5.74, 6) is 2.76. The van der Waals surface area contributed by atoms with Gasteiger partial charge in [-0.15, -0.1) is 0 Å². The molecule has 2 aliphatic rings. The lowest BCUT2D eigenvalue weighted by molar-refractivity contribution is 0.103. The first-order valence-electron chi connectivity index (χ1n) is 11.8. The van der Waals surface area contributed by atoms with Crippen LogP contribution in [0.25, 0.3) is 0 Å². The topological polar surface area (TPSA) is 64.5 Å². The summed E-state index contributed by atoms with van der Waals surface area (Å²) in [6, 6.07) is 5.39. The van der Waals surface area contributed by atoms with Gasteiger partial charge >= 0.3 is 0 Å². The fourth-order valence-corrected chi connectivity index (χ4v) is 5.86. The number of hydrogen-bond donors (Lipinski definition) is 2. The van der Waals surface area contributed by atoms with E-state index in [2.05, 4.69) is 20.1 Å². The van der Waals surface area contributed by atoms with E-state index in [1.54, 1.807) is 12.3 Å². The minimum absolute atomic E-state index is 0.0890. The summed E-state index contributed by atoms with van der Waals surface area (Å²) in [5.41, 5.74) is 0.931. The van der Waals surface area contributed by atoms with Gasteiger partial charge in [-0.1, -0.05) is 40.9 Å². The van der Waals surface area contributed by atoms with Crippen LogP contribution in [0.3, 0.4) is 0 Å². The zero-order valence-electron chi connectivity index (χ0n) is 19.0. The van der Waals surface area contributed by atoms with E-state index in [0.717, 1.165) is 63.0 Å². The number of halogens is 3. The lowest BCUT2D eigenvalue weighted by atomic mass is 9.80. The van der Waals surface area contributed by atoms with Gasteiger partial charge in [-0.3, -0.25) is 0 Å². The Bertz CT molecular complexity index is 936. The molecule has 2 N–H and O–H groups in total. The predicted octanol–water partition coefficient (Wildman–Crippen LogP) is 5.53. The summed E-state index contributed by atoms with van der Waals surface area (Å²) in [6.45, 7) is 7.18. The molecule has 4 rings (SSSR count). The van der Waals surface area contributed by atoms with Crippen molar-refractivity contribution >= 4 is 46.6 Å². The summed E-state index contributed by atoms with van der Waals surface area (Å²) >= 11 is 18.8. The van der Waals surface area contributed by atoms with E-state index >= 15 is 0 Å². The monoisotopic (exact) mass is 511 g/mol. The van der Waals surface area contributed by atoms with Crippen molar-refractivity contribution in [2.45, 2.75) is 38.6 Å². The number of β-amino-alcohol motifs (C(OH)–C–C–N with tert-alkyl or cyclic N) is 1. The Morgan fingerprint density at radius 1 is 1.09 bits per heavy atom. The molecule has 0 spiro atoms. The Kier molecular flexibility index (Phi) is 8.58. The van der Waals surface area contributed by atoms with Gasteiger partial charge < -0.3 is 20.2 Å². The number of aliphatic hydroxyl groups excluding tert-OH is 1. The molecule has 33 heavy (non-hydrogen) atoms. The summed E-state index contributed by atoms with van der Waals surface area (Å²) in [4.78, 5) is 13.9. The second-order valence-corrected chi connectivity index (χ2v) is 10.4. The molecule has 180 valence electrons. The first-order chi connectivity index (χ1) is 15.9. The minimum Gasteiger partial charge on any atom is -0.395 e. The molecule has 6 nitrogen and oxygen atoms in total. The van der Waals surface area contributed by atoms with E-state index in [1.807, 2.05) is 19.1 Å². The van der Waals surface area contributed by atoms with Crippen molar-refractivity contribution in [3.63, 3.8) is 0 Å². The maximum Gasteiger partial charge on any atom is 0.227 e. The van der Waals surface area contributed by atoms with Gasteiger partial charge in [0.05, 0.1) is 18.8 Å². The number of benzene rings is 1. The summed E-state index contributed by atoms with van der Waals surface area (Å²) in [6.07, 6.45) is 6.48. The molecule has 2 unspecified atom stereocenters. The third-order valence-electron chi connectivity index (χ3n) is 6.96. The number of likely N-dealkylation sites (tertiary alicyclic amines) is 1. The molecule has 0 radical (unpaired) electrons. The van der Waals surface area contributed by atoms with E-state index in [9.17, 15) is 5.11 Å². The fraction of sp³-hybridized carbons (Fsp3) is 0.583. The van der Waals surface area contributed by atoms with Crippen LogP contribution in [0.2, 0.25) is 15.1 Å². The van der Waals surface area contributed by atoms with E-state index < -0.39 is 0 Å². The number of rotatable bonds is 7. The molecule has 3 heterocycles. The Morgan fingerprint density at radius 2 is 1.88 bits per heavy atom. The highest BCUT2D eigenvalue weighted by molar-refractivity contribution is 6.35. The molecule has 2 fully saturated rings. The molecule has 0 aliphatic carbocycles. The highest BCUT2D eigenvalue weighted by atomic mass is 35.5. The van der Waals surface area contributed by atoms with Gasteiger partial charge in [0, 0.05) is 36.2 Å². The molecule has 0 amide bonds. The molecular formula is C24H32Cl3N5O.